The minimum Gasteiger partial charge on any atom is -0.506 e. The summed E-state index contributed by atoms with van der Waals surface area (Å²) in [6, 6.07) is 6.33. The Labute approximate surface area is 76.8 Å². The van der Waals surface area contributed by atoms with Gasteiger partial charge >= 0.3 is 6.03 Å². The zero-order valence-electron chi connectivity index (χ0n) is 7.61. The molecule has 1 aromatic rings. The number of rotatable bonds is 1. The number of hydrogen-bond donors (Lipinski definition) is 2. The molecule has 0 aromatic heterocycles. The first-order valence-corrected chi connectivity index (χ1v) is 3.87. The second-order valence-electron chi connectivity index (χ2n) is 2.84. The molecule has 2 amide bonds. The number of anilines is 1. The van der Waals surface area contributed by atoms with Gasteiger partial charge in [0.15, 0.2) is 0 Å². The molecule has 0 saturated carbocycles. The van der Waals surface area contributed by atoms with Crippen molar-refractivity contribution in [2.45, 2.75) is 0 Å². The van der Waals surface area contributed by atoms with Crippen LogP contribution < -0.4 is 5.32 Å². The number of nitrogens with one attached hydrogen (secondary N) is 1. The maximum absolute atomic E-state index is 11.2. The molecular weight excluding hydrogens is 168 g/mol. The number of phenolic OH excluding ortho intramolecular Hbond substituents is 1. The summed E-state index contributed by atoms with van der Waals surface area (Å²) in [7, 11) is 3.27. The Hall–Kier alpha value is -1.71. The lowest BCUT2D eigenvalue weighted by atomic mass is 10.3. The molecule has 4 heteroatoms. The number of nitrogens with zero attached hydrogens (tertiary/aromatic N) is 1. The lowest BCUT2D eigenvalue weighted by molar-refractivity contribution is 0.230. The van der Waals surface area contributed by atoms with Crippen molar-refractivity contribution in [1.82, 2.24) is 4.90 Å². The molecule has 0 spiro atoms. The second-order valence-corrected chi connectivity index (χ2v) is 2.84. The third-order valence-electron chi connectivity index (χ3n) is 1.55. The number of benzene rings is 1. The van der Waals surface area contributed by atoms with Gasteiger partial charge in [0.25, 0.3) is 0 Å². The van der Waals surface area contributed by atoms with Gasteiger partial charge in [-0.2, -0.15) is 0 Å². The number of para-hydroxylation sites is 2. The molecule has 0 heterocycles. The molecule has 13 heavy (non-hydrogen) atoms. The van der Waals surface area contributed by atoms with Gasteiger partial charge in [-0.05, 0) is 12.1 Å². The van der Waals surface area contributed by atoms with Crippen LogP contribution in [-0.4, -0.2) is 30.1 Å². The average Bonchev–Trinajstić information content (AvgIpc) is 2.08. The number of urea groups is 1. The Morgan fingerprint density at radius 2 is 2.00 bits per heavy atom. The molecule has 70 valence electrons. The van der Waals surface area contributed by atoms with Crippen LogP contribution in [0.5, 0.6) is 5.75 Å². The Balaban J connectivity index is 2.75. The summed E-state index contributed by atoms with van der Waals surface area (Å²) in [6.45, 7) is 0. The molecule has 2 N–H and O–H groups in total. The molecule has 0 fully saturated rings. The lowest BCUT2D eigenvalue weighted by Crippen LogP contribution is -2.27. The zero-order valence-corrected chi connectivity index (χ0v) is 7.61. The van der Waals surface area contributed by atoms with Gasteiger partial charge in [0.05, 0.1) is 5.69 Å². The van der Waals surface area contributed by atoms with E-state index in [1.165, 1.54) is 11.0 Å². The Bertz CT molecular complexity index is 310. The summed E-state index contributed by atoms with van der Waals surface area (Å²) >= 11 is 0. The van der Waals surface area contributed by atoms with Crippen LogP contribution in [0.3, 0.4) is 0 Å². The molecule has 0 bridgehead atoms. The predicted octanol–water partition coefficient (Wildman–Crippen LogP) is 1.49. The van der Waals surface area contributed by atoms with E-state index in [-0.39, 0.29) is 11.8 Å². The highest BCUT2D eigenvalue weighted by atomic mass is 16.3. The van der Waals surface area contributed by atoms with Gasteiger partial charge in [-0.3, -0.25) is 0 Å². The molecule has 0 aliphatic carbocycles. The van der Waals surface area contributed by atoms with E-state index < -0.39 is 0 Å². The zero-order chi connectivity index (χ0) is 9.84. The molecule has 0 saturated heterocycles. The van der Waals surface area contributed by atoms with Crippen molar-refractivity contribution in [1.29, 1.82) is 0 Å². The first-order valence-electron chi connectivity index (χ1n) is 3.87. The normalized spacial score (nSPS) is 9.38. The van der Waals surface area contributed by atoms with E-state index in [1.807, 2.05) is 0 Å². The summed E-state index contributed by atoms with van der Waals surface area (Å²) in [4.78, 5) is 12.6. The van der Waals surface area contributed by atoms with Crippen LogP contribution in [0.2, 0.25) is 0 Å². The average molecular weight is 180 g/mol. The van der Waals surface area contributed by atoms with E-state index in [4.69, 9.17) is 0 Å². The van der Waals surface area contributed by atoms with Gasteiger partial charge in [0.1, 0.15) is 5.75 Å². The topological polar surface area (TPSA) is 52.6 Å². The monoisotopic (exact) mass is 180 g/mol. The Morgan fingerprint density at radius 1 is 1.38 bits per heavy atom. The van der Waals surface area contributed by atoms with Crippen LogP contribution in [0.25, 0.3) is 0 Å². The molecule has 0 atom stereocenters. The standard InChI is InChI=1S/C9H12N2O2/c1-11(2)9(13)10-7-5-3-4-6-8(7)12/h3-6,12H,1-2H3,(H,10,13). The Kier molecular flexibility index (Phi) is 2.74. The second kappa shape index (κ2) is 3.80. The molecule has 1 rings (SSSR count). The number of hydrogen-bond acceptors (Lipinski definition) is 2. The number of carbonyl (C=O) groups is 1. The number of carbonyl (C=O) groups excluding carboxylic acids is 1. The maximum Gasteiger partial charge on any atom is 0.321 e. The maximum atomic E-state index is 11.2. The van der Waals surface area contributed by atoms with Crippen LogP contribution in [0.1, 0.15) is 0 Å². The van der Waals surface area contributed by atoms with Gasteiger partial charge in [-0.1, -0.05) is 12.1 Å². The number of amides is 2. The highest BCUT2D eigenvalue weighted by Gasteiger charge is 2.05. The summed E-state index contributed by atoms with van der Waals surface area (Å²) in [5.74, 6) is 0.0673. The van der Waals surface area contributed by atoms with E-state index >= 15 is 0 Å². The van der Waals surface area contributed by atoms with Crippen molar-refractivity contribution < 1.29 is 9.90 Å². The molecule has 0 radical (unpaired) electrons. The Morgan fingerprint density at radius 3 is 2.54 bits per heavy atom. The van der Waals surface area contributed by atoms with Crippen molar-refractivity contribution in [3.05, 3.63) is 24.3 Å². The first kappa shape index (κ1) is 9.38. The van der Waals surface area contributed by atoms with Crippen LogP contribution in [0.4, 0.5) is 10.5 Å². The van der Waals surface area contributed by atoms with Gasteiger partial charge < -0.3 is 15.3 Å². The van der Waals surface area contributed by atoms with E-state index in [2.05, 4.69) is 5.32 Å². The third-order valence-corrected chi connectivity index (χ3v) is 1.55. The van der Waals surface area contributed by atoms with Gasteiger partial charge in [0, 0.05) is 14.1 Å². The van der Waals surface area contributed by atoms with Gasteiger partial charge in [-0.25, -0.2) is 4.79 Å². The van der Waals surface area contributed by atoms with E-state index in [1.54, 1.807) is 32.3 Å². The lowest BCUT2D eigenvalue weighted by Gasteiger charge is -2.12. The fourth-order valence-corrected chi connectivity index (χ4v) is 0.806. The molecule has 1 aromatic carbocycles. The van der Waals surface area contributed by atoms with E-state index in [0.717, 1.165) is 0 Å². The van der Waals surface area contributed by atoms with Crippen LogP contribution in [0, 0.1) is 0 Å². The van der Waals surface area contributed by atoms with Gasteiger partial charge in [-0.15, -0.1) is 0 Å². The molecule has 0 unspecified atom stereocenters. The molecule has 0 aliphatic rings. The van der Waals surface area contributed by atoms with Crippen LogP contribution in [-0.2, 0) is 0 Å². The first-order chi connectivity index (χ1) is 6.11. The minimum atomic E-state index is -0.262. The third kappa shape index (κ3) is 2.37. The van der Waals surface area contributed by atoms with E-state index in [9.17, 15) is 9.90 Å². The predicted molar refractivity (Wildman–Crippen MR) is 50.8 cm³/mol. The van der Waals surface area contributed by atoms with Crippen molar-refractivity contribution >= 4 is 11.7 Å². The highest BCUT2D eigenvalue weighted by Crippen LogP contribution is 2.21. The number of aromatic hydroxyl groups is 1. The fourth-order valence-electron chi connectivity index (χ4n) is 0.806. The fraction of sp³-hybridized carbons (Fsp3) is 0.222. The molecule has 4 nitrogen and oxygen atoms in total. The van der Waals surface area contributed by atoms with Crippen molar-refractivity contribution in [3.8, 4) is 5.75 Å². The number of phenols is 1. The highest BCUT2D eigenvalue weighted by molar-refractivity contribution is 5.90. The van der Waals surface area contributed by atoms with Crippen LogP contribution >= 0.6 is 0 Å². The van der Waals surface area contributed by atoms with Crippen molar-refractivity contribution in [3.63, 3.8) is 0 Å². The summed E-state index contributed by atoms with van der Waals surface area (Å²) in [5.41, 5.74) is 0.418. The summed E-state index contributed by atoms with van der Waals surface area (Å²) in [5, 5.41) is 11.9. The quantitative estimate of drug-likeness (QED) is 0.643. The van der Waals surface area contributed by atoms with Crippen molar-refractivity contribution in [2.75, 3.05) is 19.4 Å². The minimum absolute atomic E-state index is 0.0673. The molecule has 0 aliphatic heterocycles. The van der Waals surface area contributed by atoms with Gasteiger partial charge in [0.2, 0.25) is 0 Å². The summed E-state index contributed by atoms with van der Waals surface area (Å²) < 4.78 is 0. The largest absolute Gasteiger partial charge is 0.506 e. The smallest absolute Gasteiger partial charge is 0.321 e. The van der Waals surface area contributed by atoms with E-state index in [0.29, 0.717) is 5.69 Å². The SMILES string of the molecule is CN(C)C(=O)Nc1ccccc1O. The molecular formula is C9H12N2O2. The van der Waals surface area contributed by atoms with Crippen molar-refractivity contribution in [2.24, 2.45) is 0 Å². The van der Waals surface area contributed by atoms with Crippen LogP contribution in [0.15, 0.2) is 24.3 Å². The summed E-state index contributed by atoms with van der Waals surface area (Å²) in [6.07, 6.45) is 0.